The third-order valence-corrected chi connectivity index (χ3v) is 4.42. The molecule has 3 saturated carbocycles. The van der Waals surface area contributed by atoms with Crippen molar-refractivity contribution in [3.63, 3.8) is 0 Å². The summed E-state index contributed by atoms with van der Waals surface area (Å²) in [6, 6.07) is 0. The first kappa shape index (κ1) is 11.0. The Balaban J connectivity index is 1.93. The Hall–Kier alpha value is -1.10. The predicted octanol–water partition coefficient (Wildman–Crippen LogP) is 0.108. The number of aliphatic hydroxyl groups is 1. The van der Waals surface area contributed by atoms with Crippen LogP contribution in [0.2, 0.25) is 0 Å². The lowest BCUT2D eigenvalue weighted by molar-refractivity contribution is -0.167. The molecule has 0 spiro atoms. The zero-order valence-electron chi connectivity index (χ0n) is 9.67. The van der Waals surface area contributed by atoms with E-state index in [4.69, 9.17) is 9.47 Å². The SMILES string of the molecule is CCOC(=O)C1C2CCC3C(OC(=O)C31)C2O. The Morgan fingerprint density at radius 1 is 1.47 bits per heavy atom. The van der Waals surface area contributed by atoms with Gasteiger partial charge >= 0.3 is 11.9 Å². The molecule has 17 heavy (non-hydrogen) atoms. The molecule has 4 fully saturated rings. The summed E-state index contributed by atoms with van der Waals surface area (Å²) in [5, 5.41) is 10.1. The van der Waals surface area contributed by atoms with E-state index in [1.165, 1.54) is 0 Å². The minimum Gasteiger partial charge on any atom is -0.466 e. The standard InChI is InChI=1S/C12H16O5/c1-2-16-11(14)7-5-3-4-6-8(7)12(15)17-10(6)9(5)13/h5-10,13H,2-4H2,1H3. The molecule has 0 amide bonds. The second-order valence-electron chi connectivity index (χ2n) is 5.10. The smallest absolute Gasteiger partial charge is 0.310 e. The molecule has 1 saturated heterocycles. The third kappa shape index (κ3) is 1.35. The van der Waals surface area contributed by atoms with Crippen LogP contribution in [0.3, 0.4) is 0 Å². The van der Waals surface area contributed by atoms with Crippen LogP contribution in [-0.4, -0.2) is 35.9 Å². The lowest BCUT2D eigenvalue weighted by Gasteiger charge is -2.46. The molecule has 1 heterocycles. The van der Waals surface area contributed by atoms with Gasteiger partial charge in [0.05, 0.1) is 24.5 Å². The summed E-state index contributed by atoms with van der Waals surface area (Å²) < 4.78 is 10.2. The van der Waals surface area contributed by atoms with Gasteiger partial charge in [-0.05, 0) is 19.8 Å². The second-order valence-corrected chi connectivity index (χ2v) is 5.10. The normalized spacial score (nSPS) is 46.8. The van der Waals surface area contributed by atoms with Crippen molar-refractivity contribution in [1.82, 2.24) is 0 Å². The van der Waals surface area contributed by atoms with Crippen LogP contribution in [0.15, 0.2) is 0 Å². The molecule has 0 aromatic carbocycles. The van der Waals surface area contributed by atoms with Crippen molar-refractivity contribution in [3.8, 4) is 0 Å². The number of carbonyl (C=O) groups excluding carboxylic acids is 2. The Bertz CT molecular complexity index is 366. The van der Waals surface area contributed by atoms with Gasteiger partial charge in [-0.15, -0.1) is 0 Å². The van der Waals surface area contributed by atoms with Crippen LogP contribution in [0.25, 0.3) is 0 Å². The van der Waals surface area contributed by atoms with E-state index in [9.17, 15) is 14.7 Å². The third-order valence-electron chi connectivity index (χ3n) is 4.42. The first-order valence-electron chi connectivity index (χ1n) is 6.20. The zero-order chi connectivity index (χ0) is 12.2. The molecule has 5 nitrogen and oxygen atoms in total. The van der Waals surface area contributed by atoms with Crippen LogP contribution in [0.4, 0.5) is 0 Å². The zero-order valence-corrected chi connectivity index (χ0v) is 9.67. The highest BCUT2D eigenvalue weighted by Gasteiger charge is 2.64. The monoisotopic (exact) mass is 240 g/mol. The summed E-state index contributed by atoms with van der Waals surface area (Å²) in [7, 11) is 0. The van der Waals surface area contributed by atoms with E-state index in [1.807, 2.05) is 0 Å². The number of fused-ring (bicyclic) bond motifs is 1. The minimum atomic E-state index is -0.703. The van der Waals surface area contributed by atoms with Crippen molar-refractivity contribution in [1.29, 1.82) is 0 Å². The molecule has 4 bridgehead atoms. The van der Waals surface area contributed by atoms with Gasteiger partial charge in [0.15, 0.2) is 0 Å². The molecule has 0 aromatic heterocycles. The number of rotatable bonds is 2. The average Bonchev–Trinajstić information content (AvgIpc) is 2.61. The fraction of sp³-hybridized carbons (Fsp3) is 0.833. The van der Waals surface area contributed by atoms with Crippen molar-refractivity contribution < 1.29 is 24.2 Å². The summed E-state index contributed by atoms with van der Waals surface area (Å²) in [4.78, 5) is 23.7. The number of esters is 2. The molecule has 0 aromatic rings. The quantitative estimate of drug-likeness (QED) is 0.693. The van der Waals surface area contributed by atoms with Gasteiger partial charge in [-0.1, -0.05) is 0 Å². The number of carbonyl (C=O) groups is 2. The maximum absolute atomic E-state index is 11.9. The largest absolute Gasteiger partial charge is 0.466 e. The summed E-state index contributed by atoms with van der Waals surface area (Å²) in [5.41, 5.74) is 0. The van der Waals surface area contributed by atoms with Gasteiger partial charge in [0, 0.05) is 11.8 Å². The molecule has 4 aliphatic rings. The highest BCUT2D eigenvalue weighted by atomic mass is 16.6. The van der Waals surface area contributed by atoms with Gasteiger partial charge in [-0.2, -0.15) is 0 Å². The van der Waals surface area contributed by atoms with Gasteiger partial charge in [0.2, 0.25) is 0 Å². The number of ether oxygens (including phenoxy) is 2. The molecule has 0 radical (unpaired) electrons. The van der Waals surface area contributed by atoms with Crippen molar-refractivity contribution in [2.45, 2.75) is 32.0 Å². The van der Waals surface area contributed by atoms with E-state index in [1.54, 1.807) is 6.92 Å². The van der Waals surface area contributed by atoms with Crippen LogP contribution in [0, 0.1) is 23.7 Å². The summed E-state index contributed by atoms with van der Waals surface area (Å²) >= 11 is 0. The Morgan fingerprint density at radius 2 is 2.18 bits per heavy atom. The summed E-state index contributed by atoms with van der Waals surface area (Å²) in [5.74, 6) is -1.77. The first-order valence-corrected chi connectivity index (χ1v) is 6.20. The molecular weight excluding hydrogens is 224 g/mol. The summed E-state index contributed by atoms with van der Waals surface area (Å²) in [6.45, 7) is 2.04. The van der Waals surface area contributed by atoms with Crippen molar-refractivity contribution in [2.24, 2.45) is 23.7 Å². The van der Waals surface area contributed by atoms with Gasteiger partial charge in [-0.3, -0.25) is 9.59 Å². The number of hydrogen-bond acceptors (Lipinski definition) is 5. The van der Waals surface area contributed by atoms with Crippen LogP contribution >= 0.6 is 0 Å². The van der Waals surface area contributed by atoms with Crippen LogP contribution in [0.1, 0.15) is 19.8 Å². The molecule has 3 aliphatic carbocycles. The van der Waals surface area contributed by atoms with E-state index in [2.05, 4.69) is 0 Å². The average molecular weight is 240 g/mol. The van der Waals surface area contributed by atoms with Gasteiger partial charge in [0.1, 0.15) is 6.10 Å². The van der Waals surface area contributed by atoms with Crippen molar-refractivity contribution in [3.05, 3.63) is 0 Å². The van der Waals surface area contributed by atoms with E-state index in [0.717, 1.165) is 12.8 Å². The number of hydrogen-bond donors (Lipinski definition) is 1. The van der Waals surface area contributed by atoms with Crippen LogP contribution in [0.5, 0.6) is 0 Å². The van der Waals surface area contributed by atoms with Crippen LogP contribution < -0.4 is 0 Å². The van der Waals surface area contributed by atoms with Crippen LogP contribution in [-0.2, 0) is 19.1 Å². The maximum atomic E-state index is 11.9. The second kappa shape index (κ2) is 3.70. The predicted molar refractivity (Wildman–Crippen MR) is 55.7 cm³/mol. The molecule has 4 rings (SSSR count). The van der Waals surface area contributed by atoms with Gasteiger partial charge in [-0.25, -0.2) is 0 Å². The molecule has 6 unspecified atom stereocenters. The molecular formula is C12H16O5. The summed E-state index contributed by atoms with van der Waals surface area (Å²) in [6.07, 6.45) is 0.542. The Kier molecular flexibility index (Phi) is 2.40. The topological polar surface area (TPSA) is 72.8 Å². The van der Waals surface area contributed by atoms with E-state index >= 15 is 0 Å². The van der Waals surface area contributed by atoms with Crippen molar-refractivity contribution >= 4 is 11.9 Å². The van der Waals surface area contributed by atoms with E-state index in [0.29, 0.717) is 6.61 Å². The van der Waals surface area contributed by atoms with Gasteiger partial charge < -0.3 is 14.6 Å². The first-order chi connectivity index (χ1) is 8.15. The fourth-order valence-corrected chi connectivity index (χ4v) is 3.78. The van der Waals surface area contributed by atoms with Crippen molar-refractivity contribution in [2.75, 3.05) is 6.61 Å². The molecule has 94 valence electrons. The Morgan fingerprint density at radius 3 is 2.88 bits per heavy atom. The Labute approximate surface area is 99.1 Å². The molecule has 5 heteroatoms. The molecule has 1 N–H and O–H groups in total. The highest BCUT2D eigenvalue weighted by molar-refractivity contribution is 5.85. The lowest BCUT2D eigenvalue weighted by atomic mass is 9.57. The maximum Gasteiger partial charge on any atom is 0.310 e. The van der Waals surface area contributed by atoms with E-state index < -0.39 is 18.1 Å². The molecule has 6 atom stereocenters. The van der Waals surface area contributed by atoms with E-state index in [-0.39, 0.29) is 29.7 Å². The molecule has 1 aliphatic heterocycles. The minimum absolute atomic E-state index is 0.00286. The fourth-order valence-electron chi connectivity index (χ4n) is 3.78. The lowest BCUT2D eigenvalue weighted by Crippen LogP contribution is -2.55. The highest BCUT2D eigenvalue weighted by Crippen LogP contribution is 2.54. The van der Waals surface area contributed by atoms with Gasteiger partial charge in [0.25, 0.3) is 0 Å². The number of aliphatic hydroxyl groups excluding tert-OH is 1.